The van der Waals surface area contributed by atoms with Crippen molar-refractivity contribution >= 4 is 28.4 Å². The number of benzene rings is 1. The fourth-order valence-electron chi connectivity index (χ4n) is 2.54. The Morgan fingerprint density at radius 3 is 2.27 bits per heavy atom. The largest absolute Gasteiger partial charge is 0.494 e. The molecule has 0 radical (unpaired) electrons. The molecule has 0 aliphatic rings. The molecule has 0 aliphatic carbocycles. The molecule has 0 spiro atoms. The Hall–Kier alpha value is -2.70. The standard InChI is InChI=1S/C15H18N2O5/c1-3-16-6-10-4-9(2)12(5-11(10)15(16)22)17(7-13(18)19)8-14(20)21/h4-6,22H,3,7-8H2,1-2H3,(H,18,19)(H,20,21). The van der Waals surface area contributed by atoms with Gasteiger partial charge in [0.15, 0.2) is 5.88 Å². The van der Waals surface area contributed by atoms with Crippen LogP contribution < -0.4 is 4.90 Å². The number of carboxylic acid groups (broad SMARTS) is 2. The summed E-state index contributed by atoms with van der Waals surface area (Å²) in [6.45, 7) is 3.43. The first-order valence-corrected chi connectivity index (χ1v) is 6.84. The molecule has 3 N–H and O–H groups in total. The molecule has 7 nitrogen and oxygen atoms in total. The molecule has 2 aromatic rings. The summed E-state index contributed by atoms with van der Waals surface area (Å²) in [7, 11) is 0. The van der Waals surface area contributed by atoms with Gasteiger partial charge < -0.3 is 24.8 Å². The Bertz CT molecular complexity index is 719. The zero-order valence-electron chi connectivity index (χ0n) is 12.4. The third-order valence-corrected chi connectivity index (χ3v) is 3.51. The quantitative estimate of drug-likeness (QED) is 0.750. The maximum atomic E-state index is 11.0. The number of fused-ring (bicyclic) bond motifs is 1. The van der Waals surface area contributed by atoms with E-state index in [1.165, 1.54) is 4.90 Å². The normalized spacial score (nSPS) is 10.8. The SMILES string of the molecule is CCn1cc2cc(C)c(N(CC(=O)O)CC(=O)O)cc2c1O. The van der Waals surface area contributed by atoms with E-state index < -0.39 is 25.0 Å². The van der Waals surface area contributed by atoms with E-state index in [0.29, 0.717) is 17.6 Å². The topological polar surface area (TPSA) is 103 Å². The van der Waals surface area contributed by atoms with Crippen molar-refractivity contribution in [1.82, 2.24) is 4.57 Å². The van der Waals surface area contributed by atoms with E-state index in [4.69, 9.17) is 10.2 Å². The number of aryl methyl sites for hydroxylation is 2. The second kappa shape index (κ2) is 5.97. The van der Waals surface area contributed by atoms with Gasteiger partial charge in [-0.2, -0.15) is 0 Å². The Morgan fingerprint density at radius 1 is 1.18 bits per heavy atom. The average molecular weight is 306 g/mol. The van der Waals surface area contributed by atoms with Crippen LogP contribution in [0.1, 0.15) is 12.5 Å². The molecule has 0 atom stereocenters. The molecule has 7 heteroatoms. The minimum Gasteiger partial charge on any atom is -0.494 e. The highest BCUT2D eigenvalue weighted by Crippen LogP contribution is 2.33. The van der Waals surface area contributed by atoms with Crippen molar-refractivity contribution in [3.63, 3.8) is 0 Å². The lowest BCUT2D eigenvalue weighted by molar-refractivity contribution is -0.136. The van der Waals surface area contributed by atoms with Crippen molar-refractivity contribution in [3.05, 3.63) is 23.9 Å². The molecule has 2 rings (SSSR count). The van der Waals surface area contributed by atoms with Gasteiger partial charge in [-0.15, -0.1) is 0 Å². The minimum absolute atomic E-state index is 0.0874. The van der Waals surface area contributed by atoms with Gasteiger partial charge in [-0.25, -0.2) is 0 Å². The molecule has 118 valence electrons. The van der Waals surface area contributed by atoms with E-state index in [2.05, 4.69) is 0 Å². The minimum atomic E-state index is -1.11. The number of carbonyl (C=O) groups is 2. The van der Waals surface area contributed by atoms with Gasteiger partial charge in [0.1, 0.15) is 13.1 Å². The van der Waals surface area contributed by atoms with Gasteiger partial charge in [0.2, 0.25) is 0 Å². The van der Waals surface area contributed by atoms with Gasteiger partial charge in [-0.3, -0.25) is 9.59 Å². The van der Waals surface area contributed by atoms with Gasteiger partial charge in [0.25, 0.3) is 0 Å². The van der Waals surface area contributed by atoms with Crippen molar-refractivity contribution in [2.75, 3.05) is 18.0 Å². The van der Waals surface area contributed by atoms with Crippen molar-refractivity contribution in [1.29, 1.82) is 0 Å². The number of hydrogen-bond donors (Lipinski definition) is 3. The highest BCUT2D eigenvalue weighted by Gasteiger charge is 2.18. The number of hydrogen-bond acceptors (Lipinski definition) is 4. The van der Waals surface area contributed by atoms with E-state index >= 15 is 0 Å². The number of carboxylic acids is 2. The zero-order chi connectivity index (χ0) is 16.4. The summed E-state index contributed by atoms with van der Waals surface area (Å²) in [5.41, 5.74) is 1.24. The lowest BCUT2D eigenvalue weighted by atomic mass is 10.1. The second-order valence-electron chi connectivity index (χ2n) is 5.11. The highest BCUT2D eigenvalue weighted by atomic mass is 16.4. The molecular formula is C15H18N2O5. The van der Waals surface area contributed by atoms with Gasteiger partial charge >= 0.3 is 11.9 Å². The van der Waals surface area contributed by atoms with Crippen molar-refractivity contribution in [2.45, 2.75) is 20.4 Å². The first-order valence-electron chi connectivity index (χ1n) is 6.84. The Kier molecular flexibility index (Phi) is 4.25. The fourth-order valence-corrected chi connectivity index (χ4v) is 2.54. The van der Waals surface area contributed by atoms with Crippen molar-refractivity contribution in [3.8, 4) is 5.88 Å². The summed E-state index contributed by atoms with van der Waals surface area (Å²) < 4.78 is 1.67. The molecular weight excluding hydrogens is 288 g/mol. The van der Waals surface area contributed by atoms with Crippen LogP contribution in [0.2, 0.25) is 0 Å². The van der Waals surface area contributed by atoms with Crippen LogP contribution in [0.5, 0.6) is 5.88 Å². The van der Waals surface area contributed by atoms with Gasteiger partial charge in [-0.1, -0.05) is 0 Å². The van der Waals surface area contributed by atoms with Crippen LogP contribution >= 0.6 is 0 Å². The molecule has 0 aliphatic heterocycles. The predicted molar refractivity (Wildman–Crippen MR) is 81.5 cm³/mol. The first kappa shape index (κ1) is 15.7. The Labute approximate surface area is 127 Å². The molecule has 1 aromatic carbocycles. The molecule has 1 aromatic heterocycles. The third-order valence-electron chi connectivity index (χ3n) is 3.51. The summed E-state index contributed by atoms with van der Waals surface area (Å²) >= 11 is 0. The van der Waals surface area contributed by atoms with E-state index in [-0.39, 0.29) is 5.88 Å². The summed E-state index contributed by atoms with van der Waals surface area (Å²) in [6, 6.07) is 3.45. The number of nitrogens with zero attached hydrogens (tertiary/aromatic N) is 2. The molecule has 0 amide bonds. The highest BCUT2D eigenvalue weighted by molar-refractivity contribution is 5.93. The van der Waals surface area contributed by atoms with Crippen LogP contribution in [-0.2, 0) is 16.1 Å². The van der Waals surface area contributed by atoms with Gasteiger partial charge in [0.05, 0.1) is 0 Å². The fraction of sp³-hybridized carbons (Fsp3) is 0.333. The monoisotopic (exact) mass is 306 g/mol. The van der Waals surface area contributed by atoms with E-state index in [9.17, 15) is 14.7 Å². The van der Waals surface area contributed by atoms with E-state index in [1.54, 1.807) is 23.8 Å². The molecule has 0 saturated heterocycles. The van der Waals surface area contributed by atoms with E-state index in [1.807, 2.05) is 13.0 Å². The van der Waals surface area contributed by atoms with Crippen LogP contribution in [0.15, 0.2) is 18.3 Å². The van der Waals surface area contributed by atoms with Crippen LogP contribution in [0.3, 0.4) is 0 Å². The number of aromatic nitrogens is 1. The maximum Gasteiger partial charge on any atom is 0.323 e. The molecule has 0 saturated carbocycles. The van der Waals surface area contributed by atoms with Crippen LogP contribution in [0, 0.1) is 6.92 Å². The summed E-state index contributed by atoms with van der Waals surface area (Å²) in [5, 5.41) is 29.5. The van der Waals surface area contributed by atoms with E-state index in [0.717, 1.165) is 10.9 Å². The van der Waals surface area contributed by atoms with Gasteiger partial charge in [0, 0.05) is 29.2 Å². The molecule has 0 fully saturated rings. The van der Waals surface area contributed by atoms with Crippen LogP contribution in [0.25, 0.3) is 10.8 Å². The van der Waals surface area contributed by atoms with Crippen molar-refractivity contribution < 1.29 is 24.9 Å². The lowest BCUT2D eigenvalue weighted by Crippen LogP contribution is -2.34. The first-order chi connectivity index (χ1) is 10.3. The van der Waals surface area contributed by atoms with Crippen molar-refractivity contribution in [2.24, 2.45) is 0 Å². The van der Waals surface area contributed by atoms with Gasteiger partial charge in [-0.05, 0) is 31.5 Å². The molecule has 0 bridgehead atoms. The summed E-state index contributed by atoms with van der Waals surface area (Å²) in [4.78, 5) is 23.2. The number of aromatic hydroxyl groups is 1. The number of aliphatic carboxylic acids is 2. The van der Waals surface area contributed by atoms with Crippen LogP contribution in [0.4, 0.5) is 5.69 Å². The summed E-state index contributed by atoms with van der Waals surface area (Å²) in [5.74, 6) is -2.14. The summed E-state index contributed by atoms with van der Waals surface area (Å²) in [6.07, 6.45) is 1.81. The third kappa shape index (κ3) is 2.98. The zero-order valence-corrected chi connectivity index (χ0v) is 12.4. The molecule has 0 unspecified atom stereocenters. The molecule has 22 heavy (non-hydrogen) atoms. The number of anilines is 1. The Morgan fingerprint density at radius 2 is 1.77 bits per heavy atom. The molecule has 1 heterocycles. The second-order valence-corrected chi connectivity index (χ2v) is 5.11. The van der Waals surface area contributed by atoms with Crippen LogP contribution in [-0.4, -0.2) is 44.9 Å². The maximum absolute atomic E-state index is 11.0. The Balaban J connectivity index is 2.55. The average Bonchev–Trinajstić information content (AvgIpc) is 2.72. The smallest absolute Gasteiger partial charge is 0.323 e. The lowest BCUT2D eigenvalue weighted by Gasteiger charge is -2.22. The number of rotatable bonds is 6. The predicted octanol–water partition coefficient (Wildman–Crippen LogP) is 1.65.